The molecule has 4 rings (SSSR count). The predicted molar refractivity (Wildman–Crippen MR) is 112 cm³/mol. The Balaban J connectivity index is 1.40. The summed E-state index contributed by atoms with van der Waals surface area (Å²) in [6.07, 6.45) is 2.32. The van der Waals surface area contributed by atoms with Crippen LogP contribution in [0.3, 0.4) is 0 Å². The third-order valence-corrected chi connectivity index (χ3v) is 5.53. The molecular formula is C25H27NO2. The summed E-state index contributed by atoms with van der Waals surface area (Å²) in [7, 11) is 0. The molecule has 144 valence electrons. The Morgan fingerprint density at radius 2 is 1.43 bits per heavy atom. The third kappa shape index (κ3) is 4.61. The fraction of sp³-hybridized carbons (Fsp3) is 0.280. The maximum absolute atomic E-state index is 9.40. The van der Waals surface area contributed by atoms with Crippen LogP contribution in [0.5, 0.6) is 5.75 Å². The van der Waals surface area contributed by atoms with Crippen molar-refractivity contribution in [2.24, 2.45) is 0 Å². The van der Waals surface area contributed by atoms with E-state index in [0.29, 0.717) is 11.8 Å². The van der Waals surface area contributed by atoms with Crippen LogP contribution < -0.4 is 5.32 Å². The first-order chi connectivity index (χ1) is 13.8. The van der Waals surface area contributed by atoms with Gasteiger partial charge in [0.2, 0.25) is 0 Å². The molecule has 3 aromatic rings. The van der Waals surface area contributed by atoms with Crippen molar-refractivity contribution in [3.8, 4) is 5.75 Å². The number of phenolic OH excluding ortho intramolecular Hbond substituents is 1. The second-order valence-electron chi connectivity index (χ2n) is 7.49. The summed E-state index contributed by atoms with van der Waals surface area (Å²) in [4.78, 5) is 0. The summed E-state index contributed by atoms with van der Waals surface area (Å²) < 4.78 is 6.37. The zero-order chi connectivity index (χ0) is 19.2. The standard InChI is InChI=1S/C25H27NO2/c27-23-14-11-19(12-15-23)17-26-22-13-16-24(28-18-22)25(20-7-3-1-4-8-20)21-9-5-2-6-10-21/h1-12,14-15,22,24-27H,13,16-18H2. The lowest BCUT2D eigenvalue weighted by molar-refractivity contribution is -0.0116. The van der Waals surface area contributed by atoms with Gasteiger partial charge in [0.1, 0.15) is 5.75 Å². The molecule has 1 aliphatic heterocycles. The number of ether oxygens (including phenoxy) is 1. The Kier molecular flexibility index (Phi) is 6.05. The van der Waals surface area contributed by atoms with Gasteiger partial charge in [-0.3, -0.25) is 0 Å². The van der Waals surface area contributed by atoms with Crippen LogP contribution in [0, 0.1) is 0 Å². The zero-order valence-electron chi connectivity index (χ0n) is 16.0. The van der Waals surface area contributed by atoms with Gasteiger partial charge >= 0.3 is 0 Å². The van der Waals surface area contributed by atoms with E-state index >= 15 is 0 Å². The van der Waals surface area contributed by atoms with Crippen LogP contribution in [-0.2, 0) is 11.3 Å². The van der Waals surface area contributed by atoms with E-state index < -0.39 is 0 Å². The average molecular weight is 373 g/mol. The van der Waals surface area contributed by atoms with E-state index in [1.165, 1.54) is 16.7 Å². The van der Waals surface area contributed by atoms with Crippen LogP contribution in [0.15, 0.2) is 84.9 Å². The normalized spacial score (nSPS) is 19.6. The highest BCUT2D eigenvalue weighted by atomic mass is 16.5. The third-order valence-electron chi connectivity index (χ3n) is 5.53. The van der Waals surface area contributed by atoms with Gasteiger partial charge in [-0.1, -0.05) is 72.8 Å². The van der Waals surface area contributed by atoms with Crippen LogP contribution in [0.2, 0.25) is 0 Å². The van der Waals surface area contributed by atoms with Crippen molar-refractivity contribution in [1.82, 2.24) is 5.32 Å². The van der Waals surface area contributed by atoms with Gasteiger partial charge in [-0.15, -0.1) is 0 Å². The fourth-order valence-electron chi connectivity index (χ4n) is 4.01. The number of rotatable bonds is 6. The molecule has 0 aromatic heterocycles. The van der Waals surface area contributed by atoms with Crippen molar-refractivity contribution >= 4 is 0 Å². The molecule has 0 radical (unpaired) electrons. The van der Waals surface area contributed by atoms with Gasteiger partial charge in [0.05, 0.1) is 12.7 Å². The number of phenols is 1. The van der Waals surface area contributed by atoms with E-state index in [4.69, 9.17) is 4.74 Å². The SMILES string of the molecule is Oc1ccc(CNC2CCC(C(c3ccccc3)c3ccccc3)OC2)cc1. The molecule has 3 aromatic carbocycles. The molecule has 2 N–H and O–H groups in total. The molecule has 0 saturated carbocycles. The number of hydrogen-bond acceptors (Lipinski definition) is 3. The summed E-state index contributed by atoms with van der Waals surface area (Å²) in [6.45, 7) is 1.51. The summed E-state index contributed by atoms with van der Waals surface area (Å²) in [6, 6.07) is 29.1. The smallest absolute Gasteiger partial charge is 0.115 e. The van der Waals surface area contributed by atoms with E-state index in [2.05, 4.69) is 66.0 Å². The van der Waals surface area contributed by atoms with Crippen molar-refractivity contribution < 1.29 is 9.84 Å². The van der Waals surface area contributed by atoms with Gasteiger partial charge < -0.3 is 15.2 Å². The van der Waals surface area contributed by atoms with Gasteiger partial charge in [-0.05, 0) is 41.7 Å². The lowest BCUT2D eigenvalue weighted by Crippen LogP contribution is -2.41. The highest BCUT2D eigenvalue weighted by Gasteiger charge is 2.30. The first-order valence-electron chi connectivity index (χ1n) is 10.0. The Bertz CT molecular complexity index is 801. The van der Waals surface area contributed by atoms with Crippen LogP contribution in [-0.4, -0.2) is 23.9 Å². The average Bonchev–Trinajstić information content (AvgIpc) is 2.76. The quantitative estimate of drug-likeness (QED) is 0.648. The molecule has 0 spiro atoms. The summed E-state index contributed by atoms with van der Waals surface area (Å²) in [5.74, 6) is 0.570. The van der Waals surface area contributed by atoms with Crippen molar-refractivity contribution in [2.45, 2.75) is 37.5 Å². The van der Waals surface area contributed by atoms with E-state index in [-0.39, 0.29) is 12.0 Å². The Morgan fingerprint density at radius 1 is 0.821 bits per heavy atom. The van der Waals surface area contributed by atoms with Crippen LogP contribution in [0.1, 0.15) is 35.4 Å². The second-order valence-corrected chi connectivity index (χ2v) is 7.49. The molecule has 28 heavy (non-hydrogen) atoms. The second kappa shape index (κ2) is 9.05. The molecule has 2 atom stereocenters. The lowest BCUT2D eigenvalue weighted by atomic mass is 9.83. The summed E-state index contributed by atoms with van der Waals surface area (Å²) in [5, 5.41) is 13.0. The van der Waals surface area contributed by atoms with Crippen molar-refractivity contribution in [3.63, 3.8) is 0 Å². The molecule has 1 heterocycles. The molecule has 1 aliphatic rings. The summed E-state index contributed by atoms with van der Waals surface area (Å²) >= 11 is 0. The van der Waals surface area contributed by atoms with Gasteiger partial charge in [-0.2, -0.15) is 0 Å². The molecule has 0 aliphatic carbocycles. The molecule has 3 nitrogen and oxygen atoms in total. The van der Waals surface area contributed by atoms with Crippen LogP contribution >= 0.6 is 0 Å². The zero-order valence-corrected chi connectivity index (χ0v) is 16.0. The number of aromatic hydroxyl groups is 1. The molecular weight excluding hydrogens is 346 g/mol. The largest absolute Gasteiger partial charge is 0.508 e. The molecule has 1 saturated heterocycles. The van der Waals surface area contributed by atoms with Gasteiger partial charge in [-0.25, -0.2) is 0 Å². The van der Waals surface area contributed by atoms with E-state index in [1.807, 2.05) is 12.1 Å². The number of benzene rings is 3. The monoisotopic (exact) mass is 373 g/mol. The van der Waals surface area contributed by atoms with Crippen molar-refractivity contribution in [3.05, 3.63) is 102 Å². The molecule has 0 bridgehead atoms. The minimum Gasteiger partial charge on any atom is -0.508 e. The highest BCUT2D eigenvalue weighted by Crippen LogP contribution is 2.34. The van der Waals surface area contributed by atoms with E-state index in [9.17, 15) is 5.11 Å². The fourth-order valence-corrected chi connectivity index (χ4v) is 4.01. The minimum absolute atomic E-state index is 0.191. The van der Waals surface area contributed by atoms with Gasteiger partial charge in [0.15, 0.2) is 0 Å². The van der Waals surface area contributed by atoms with Gasteiger partial charge in [0, 0.05) is 18.5 Å². The first-order valence-corrected chi connectivity index (χ1v) is 10.0. The first kappa shape index (κ1) is 18.7. The highest BCUT2D eigenvalue weighted by molar-refractivity contribution is 5.34. The topological polar surface area (TPSA) is 41.5 Å². The Hall–Kier alpha value is -2.62. The number of nitrogens with one attached hydrogen (secondary N) is 1. The Morgan fingerprint density at radius 3 is 1.96 bits per heavy atom. The molecule has 3 heteroatoms. The lowest BCUT2D eigenvalue weighted by Gasteiger charge is -2.35. The minimum atomic E-state index is 0.191. The molecule has 1 fully saturated rings. The summed E-state index contributed by atoms with van der Waals surface area (Å²) in [5.41, 5.74) is 3.80. The number of hydrogen-bond donors (Lipinski definition) is 2. The Labute approximate surface area is 167 Å². The van der Waals surface area contributed by atoms with E-state index in [1.54, 1.807) is 12.1 Å². The molecule has 2 unspecified atom stereocenters. The van der Waals surface area contributed by atoms with Crippen molar-refractivity contribution in [2.75, 3.05) is 6.61 Å². The van der Waals surface area contributed by atoms with E-state index in [0.717, 1.165) is 26.0 Å². The van der Waals surface area contributed by atoms with Crippen LogP contribution in [0.25, 0.3) is 0 Å². The van der Waals surface area contributed by atoms with Crippen LogP contribution in [0.4, 0.5) is 0 Å². The van der Waals surface area contributed by atoms with Gasteiger partial charge in [0.25, 0.3) is 0 Å². The maximum atomic E-state index is 9.40. The molecule has 0 amide bonds. The predicted octanol–water partition coefficient (Wildman–Crippen LogP) is 4.86. The van der Waals surface area contributed by atoms with Crippen molar-refractivity contribution in [1.29, 1.82) is 0 Å². The maximum Gasteiger partial charge on any atom is 0.115 e.